The summed E-state index contributed by atoms with van der Waals surface area (Å²) < 4.78 is 0. The Balaban J connectivity index is 2.20. The molecule has 0 saturated heterocycles. The van der Waals surface area contributed by atoms with Gasteiger partial charge in [0.25, 0.3) is 0 Å². The molecule has 1 nitrogen and oxygen atoms in total. The molecule has 0 heterocycles. The van der Waals surface area contributed by atoms with E-state index in [-0.39, 0.29) is 6.10 Å². The first kappa shape index (κ1) is 10.0. The van der Waals surface area contributed by atoms with E-state index >= 15 is 0 Å². The molecule has 1 saturated carbocycles. The van der Waals surface area contributed by atoms with E-state index < -0.39 is 0 Å². The second-order valence-corrected chi connectivity index (χ2v) is 4.81. The van der Waals surface area contributed by atoms with Crippen LogP contribution in [0.25, 0.3) is 0 Å². The van der Waals surface area contributed by atoms with Crippen molar-refractivity contribution in [2.24, 2.45) is 23.7 Å². The lowest BCUT2D eigenvalue weighted by Crippen LogP contribution is -2.05. The summed E-state index contributed by atoms with van der Waals surface area (Å²) in [4.78, 5) is 0. The fourth-order valence-corrected chi connectivity index (χ4v) is 2.36. The van der Waals surface area contributed by atoms with Crippen LogP contribution in [0.4, 0.5) is 0 Å². The fraction of sp³-hybridized carbons (Fsp3) is 1.00. The number of rotatable bonds is 4. The molecule has 0 spiro atoms. The van der Waals surface area contributed by atoms with Crippen molar-refractivity contribution in [3.05, 3.63) is 0 Å². The number of hydrogen-bond donors (Lipinski definition) is 1. The minimum Gasteiger partial charge on any atom is -0.393 e. The van der Waals surface area contributed by atoms with Gasteiger partial charge in [-0.05, 0) is 37.0 Å². The smallest absolute Gasteiger partial charge is 0.0545 e. The van der Waals surface area contributed by atoms with Crippen molar-refractivity contribution >= 4 is 0 Å². The molecule has 0 aliphatic heterocycles. The van der Waals surface area contributed by atoms with Crippen LogP contribution < -0.4 is 0 Å². The van der Waals surface area contributed by atoms with Crippen LogP contribution in [-0.2, 0) is 0 Å². The van der Waals surface area contributed by atoms with Gasteiger partial charge in [-0.3, -0.25) is 0 Å². The van der Waals surface area contributed by atoms with Crippen molar-refractivity contribution in [1.82, 2.24) is 0 Å². The standard InChI is InChI=1S/C11H22O/c1-7(2)5-6-10-8(3)11(10)9(4)12/h7-12H,5-6H2,1-4H3. The number of aliphatic hydroxyl groups is 1. The molecule has 1 aliphatic carbocycles. The van der Waals surface area contributed by atoms with Crippen molar-refractivity contribution in [2.45, 2.75) is 46.6 Å². The van der Waals surface area contributed by atoms with E-state index in [1.54, 1.807) is 0 Å². The van der Waals surface area contributed by atoms with Crippen molar-refractivity contribution in [2.75, 3.05) is 0 Å². The molecule has 0 amide bonds. The molecule has 0 aromatic carbocycles. The van der Waals surface area contributed by atoms with Gasteiger partial charge >= 0.3 is 0 Å². The Morgan fingerprint density at radius 3 is 2.17 bits per heavy atom. The van der Waals surface area contributed by atoms with Crippen LogP contribution in [-0.4, -0.2) is 11.2 Å². The molecule has 12 heavy (non-hydrogen) atoms. The van der Waals surface area contributed by atoms with E-state index in [2.05, 4.69) is 20.8 Å². The molecule has 0 bridgehead atoms. The summed E-state index contributed by atoms with van der Waals surface area (Å²) in [7, 11) is 0. The van der Waals surface area contributed by atoms with Gasteiger partial charge in [0.05, 0.1) is 6.10 Å². The maximum absolute atomic E-state index is 9.40. The molecular weight excluding hydrogens is 148 g/mol. The Hall–Kier alpha value is -0.0400. The van der Waals surface area contributed by atoms with Gasteiger partial charge in [0.2, 0.25) is 0 Å². The zero-order valence-corrected chi connectivity index (χ0v) is 8.75. The summed E-state index contributed by atoms with van der Waals surface area (Å²) in [5, 5.41) is 9.40. The lowest BCUT2D eigenvalue weighted by Gasteiger charge is -2.04. The summed E-state index contributed by atoms with van der Waals surface area (Å²) >= 11 is 0. The van der Waals surface area contributed by atoms with Gasteiger partial charge in [0.1, 0.15) is 0 Å². The SMILES string of the molecule is CC(C)CCC1C(C)C1C(C)O. The third-order valence-electron chi connectivity index (χ3n) is 3.27. The van der Waals surface area contributed by atoms with Crippen LogP contribution >= 0.6 is 0 Å². The molecule has 4 atom stereocenters. The molecule has 1 aliphatic rings. The van der Waals surface area contributed by atoms with Gasteiger partial charge in [-0.2, -0.15) is 0 Å². The van der Waals surface area contributed by atoms with Crippen LogP contribution in [0, 0.1) is 23.7 Å². The third kappa shape index (κ3) is 2.22. The highest BCUT2D eigenvalue weighted by Gasteiger charge is 2.48. The molecule has 0 aromatic rings. The first-order chi connectivity index (χ1) is 5.54. The Bertz CT molecular complexity index is 140. The van der Waals surface area contributed by atoms with Crippen LogP contribution in [0.15, 0.2) is 0 Å². The highest BCUT2D eigenvalue weighted by molar-refractivity contribution is 4.96. The largest absolute Gasteiger partial charge is 0.393 e. The molecule has 72 valence electrons. The molecule has 1 heteroatoms. The first-order valence-electron chi connectivity index (χ1n) is 5.22. The molecule has 1 N–H and O–H groups in total. The Kier molecular flexibility index (Phi) is 3.16. The second kappa shape index (κ2) is 3.78. The van der Waals surface area contributed by atoms with Gasteiger partial charge < -0.3 is 5.11 Å². The first-order valence-corrected chi connectivity index (χ1v) is 5.22. The number of hydrogen-bond acceptors (Lipinski definition) is 1. The summed E-state index contributed by atoms with van der Waals surface area (Å²) in [6, 6.07) is 0. The van der Waals surface area contributed by atoms with E-state index in [1.165, 1.54) is 12.8 Å². The average Bonchev–Trinajstić information content (AvgIpc) is 2.57. The van der Waals surface area contributed by atoms with Gasteiger partial charge in [-0.25, -0.2) is 0 Å². The zero-order chi connectivity index (χ0) is 9.30. The topological polar surface area (TPSA) is 20.2 Å². The van der Waals surface area contributed by atoms with Crippen molar-refractivity contribution in [3.8, 4) is 0 Å². The average molecular weight is 170 g/mol. The van der Waals surface area contributed by atoms with Crippen molar-refractivity contribution in [3.63, 3.8) is 0 Å². The van der Waals surface area contributed by atoms with Crippen molar-refractivity contribution in [1.29, 1.82) is 0 Å². The normalized spacial score (nSPS) is 37.0. The van der Waals surface area contributed by atoms with E-state index in [1.807, 2.05) is 6.92 Å². The molecule has 0 aromatic heterocycles. The Morgan fingerprint density at radius 2 is 1.83 bits per heavy atom. The minimum absolute atomic E-state index is 0.0860. The minimum atomic E-state index is -0.0860. The summed E-state index contributed by atoms with van der Waals surface area (Å²) in [5.74, 6) is 2.99. The maximum atomic E-state index is 9.40. The van der Waals surface area contributed by atoms with Crippen molar-refractivity contribution < 1.29 is 5.11 Å². The predicted octanol–water partition coefficient (Wildman–Crippen LogP) is 2.69. The van der Waals surface area contributed by atoms with E-state index in [0.717, 1.165) is 17.8 Å². The molecular formula is C11H22O. The molecule has 1 rings (SSSR count). The van der Waals surface area contributed by atoms with E-state index in [4.69, 9.17) is 0 Å². The highest BCUT2D eigenvalue weighted by Crippen LogP contribution is 2.51. The van der Waals surface area contributed by atoms with Gasteiger partial charge in [-0.1, -0.05) is 27.2 Å². The third-order valence-corrected chi connectivity index (χ3v) is 3.27. The Labute approximate surface area is 76.2 Å². The summed E-state index contributed by atoms with van der Waals surface area (Å²) in [6.45, 7) is 8.73. The van der Waals surface area contributed by atoms with Crippen LogP contribution in [0.2, 0.25) is 0 Å². The van der Waals surface area contributed by atoms with Gasteiger partial charge in [-0.15, -0.1) is 0 Å². The van der Waals surface area contributed by atoms with E-state index in [9.17, 15) is 5.11 Å². The molecule has 1 fully saturated rings. The Morgan fingerprint density at radius 1 is 1.25 bits per heavy atom. The van der Waals surface area contributed by atoms with E-state index in [0.29, 0.717) is 5.92 Å². The van der Waals surface area contributed by atoms with Gasteiger partial charge in [0, 0.05) is 0 Å². The fourth-order valence-electron chi connectivity index (χ4n) is 2.36. The maximum Gasteiger partial charge on any atom is 0.0545 e. The lowest BCUT2D eigenvalue weighted by atomic mass is 10.0. The monoisotopic (exact) mass is 170 g/mol. The highest BCUT2D eigenvalue weighted by atomic mass is 16.3. The molecule has 0 radical (unpaired) electrons. The predicted molar refractivity (Wildman–Crippen MR) is 51.9 cm³/mol. The zero-order valence-electron chi connectivity index (χ0n) is 8.75. The summed E-state index contributed by atoms with van der Waals surface area (Å²) in [6.07, 6.45) is 2.55. The second-order valence-electron chi connectivity index (χ2n) is 4.81. The van der Waals surface area contributed by atoms with Crippen LogP contribution in [0.3, 0.4) is 0 Å². The number of aliphatic hydroxyl groups excluding tert-OH is 1. The summed E-state index contributed by atoms with van der Waals surface area (Å²) in [5.41, 5.74) is 0. The van der Waals surface area contributed by atoms with Gasteiger partial charge in [0.15, 0.2) is 0 Å². The molecule has 4 unspecified atom stereocenters. The van der Waals surface area contributed by atoms with Crippen LogP contribution in [0.5, 0.6) is 0 Å². The lowest BCUT2D eigenvalue weighted by molar-refractivity contribution is 0.159. The quantitative estimate of drug-likeness (QED) is 0.687. The van der Waals surface area contributed by atoms with Crippen LogP contribution in [0.1, 0.15) is 40.5 Å².